The van der Waals surface area contributed by atoms with Crippen LogP contribution in [0.3, 0.4) is 0 Å². The van der Waals surface area contributed by atoms with E-state index >= 15 is 0 Å². The van der Waals surface area contributed by atoms with Crippen LogP contribution in [0.25, 0.3) is 6.08 Å². The van der Waals surface area contributed by atoms with E-state index in [0.717, 1.165) is 36.8 Å². The Morgan fingerprint density at radius 2 is 1.73 bits per heavy atom. The van der Waals surface area contributed by atoms with Crippen molar-refractivity contribution in [3.63, 3.8) is 0 Å². The lowest BCUT2D eigenvalue weighted by atomic mass is 10.1. The maximum atomic E-state index is 6.15. The van der Waals surface area contributed by atoms with Crippen LogP contribution in [0.4, 0.5) is 11.4 Å². The normalized spacial score (nSPS) is 17.6. The van der Waals surface area contributed by atoms with Crippen LogP contribution in [0, 0.1) is 0 Å². The predicted octanol–water partition coefficient (Wildman–Crippen LogP) is 6.33. The molecule has 1 atom stereocenters. The first kappa shape index (κ1) is 23.2. The summed E-state index contributed by atoms with van der Waals surface area (Å²) in [5.74, 6) is 1.86. The van der Waals surface area contributed by atoms with E-state index in [2.05, 4.69) is 82.6 Å². The third-order valence-corrected chi connectivity index (χ3v) is 6.48. The Balaban J connectivity index is 0.00000259. The van der Waals surface area contributed by atoms with Crippen molar-refractivity contribution in [1.29, 1.82) is 0 Å². The molecule has 0 radical (unpaired) electrons. The van der Waals surface area contributed by atoms with Crippen LogP contribution in [0.1, 0.15) is 24.0 Å². The molecule has 0 spiro atoms. The number of methoxy groups -OCH3 is 1. The molecule has 33 heavy (non-hydrogen) atoms. The highest BCUT2D eigenvalue weighted by molar-refractivity contribution is 5.85. The average Bonchev–Trinajstić information content (AvgIpc) is 3.22. The molecule has 1 saturated heterocycles. The zero-order valence-corrected chi connectivity index (χ0v) is 19.8. The molecule has 5 rings (SSSR count). The summed E-state index contributed by atoms with van der Waals surface area (Å²) in [6, 6.07) is 25.8. The molecule has 0 aromatic heterocycles. The van der Waals surface area contributed by atoms with Crippen LogP contribution in [0.15, 0.2) is 78.9 Å². The zero-order chi connectivity index (χ0) is 21.8. The Labute approximate surface area is 202 Å². The lowest BCUT2D eigenvalue weighted by Gasteiger charge is -2.32. The van der Waals surface area contributed by atoms with E-state index in [4.69, 9.17) is 9.47 Å². The molecule has 2 heterocycles. The Kier molecular flexibility index (Phi) is 7.58. The number of likely N-dealkylation sites (tertiary alicyclic amines) is 1. The number of halogens is 1. The van der Waals surface area contributed by atoms with Crippen molar-refractivity contribution < 1.29 is 9.47 Å². The van der Waals surface area contributed by atoms with Gasteiger partial charge in [0.25, 0.3) is 0 Å². The van der Waals surface area contributed by atoms with E-state index in [0.29, 0.717) is 12.6 Å². The summed E-state index contributed by atoms with van der Waals surface area (Å²) in [7, 11) is 1.70. The molecular weight excluding hydrogens is 432 g/mol. The number of hydrogen-bond acceptors (Lipinski definition) is 4. The number of nitrogens with zero attached hydrogens (tertiary/aromatic N) is 2. The first-order valence-corrected chi connectivity index (χ1v) is 11.4. The molecule has 0 saturated carbocycles. The molecule has 5 heteroatoms. The molecule has 0 unspecified atom stereocenters. The van der Waals surface area contributed by atoms with Gasteiger partial charge in [0.05, 0.1) is 12.8 Å². The molecular formula is C28H31ClN2O2. The molecule has 1 fully saturated rings. The van der Waals surface area contributed by atoms with Crippen molar-refractivity contribution in [1.82, 2.24) is 4.90 Å². The van der Waals surface area contributed by atoms with Gasteiger partial charge in [0.1, 0.15) is 18.1 Å². The average molecular weight is 463 g/mol. The lowest BCUT2D eigenvalue weighted by molar-refractivity contribution is 0.285. The minimum Gasteiger partial charge on any atom is -0.497 e. The summed E-state index contributed by atoms with van der Waals surface area (Å²) in [5, 5.41) is 0. The van der Waals surface area contributed by atoms with E-state index in [1.165, 1.54) is 29.7 Å². The second-order valence-electron chi connectivity index (χ2n) is 8.46. The first-order valence-electron chi connectivity index (χ1n) is 11.4. The summed E-state index contributed by atoms with van der Waals surface area (Å²) in [6.45, 7) is 3.69. The largest absolute Gasteiger partial charge is 0.497 e. The van der Waals surface area contributed by atoms with Gasteiger partial charge in [0.15, 0.2) is 0 Å². The molecule has 0 bridgehead atoms. The Bertz CT molecular complexity index is 1040. The quantitative estimate of drug-likeness (QED) is 0.427. The van der Waals surface area contributed by atoms with Crippen LogP contribution in [-0.2, 0) is 6.61 Å². The fourth-order valence-corrected chi connectivity index (χ4v) is 4.77. The van der Waals surface area contributed by atoms with Crippen molar-refractivity contribution in [2.24, 2.45) is 0 Å². The van der Waals surface area contributed by atoms with Gasteiger partial charge in [-0.15, -0.1) is 12.4 Å². The van der Waals surface area contributed by atoms with E-state index < -0.39 is 0 Å². The smallest absolute Gasteiger partial charge is 0.143 e. The van der Waals surface area contributed by atoms with Crippen molar-refractivity contribution in [3.8, 4) is 11.5 Å². The number of para-hydroxylation sites is 3. The van der Waals surface area contributed by atoms with Gasteiger partial charge < -0.3 is 14.4 Å². The van der Waals surface area contributed by atoms with Crippen LogP contribution in [-0.4, -0.2) is 37.7 Å². The Morgan fingerprint density at radius 1 is 0.970 bits per heavy atom. The molecule has 3 aromatic rings. The lowest BCUT2D eigenvalue weighted by Crippen LogP contribution is -2.38. The van der Waals surface area contributed by atoms with Gasteiger partial charge in [-0.25, -0.2) is 0 Å². The minimum absolute atomic E-state index is 0. The number of fused-ring (bicyclic) bond motifs is 2. The van der Waals surface area contributed by atoms with Crippen LogP contribution in [0.2, 0.25) is 0 Å². The van der Waals surface area contributed by atoms with E-state index in [1.807, 2.05) is 12.1 Å². The summed E-state index contributed by atoms with van der Waals surface area (Å²) in [5.41, 5.74) is 4.87. The molecule has 4 nitrogen and oxygen atoms in total. The van der Waals surface area contributed by atoms with E-state index in [1.54, 1.807) is 7.11 Å². The monoisotopic (exact) mass is 462 g/mol. The summed E-state index contributed by atoms with van der Waals surface area (Å²) >= 11 is 0. The van der Waals surface area contributed by atoms with Gasteiger partial charge >= 0.3 is 0 Å². The summed E-state index contributed by atoms with van der Waals surface area (Å²) in [4.78, 5) is 5.07. The number of benzene rings is 3. The SMILES string of the molecule is COc1ccc(/C=C/CN2CCC[C@@H]2CN2c3ccccc3COc3ccccc32)cc1.Cl. The Hall–Kier alpha value is -2.95. The highest BCUT2D eigenvalue weighted by atomic mass is 35.5. The second-order valence-corrected chi connectivity index (χ2v) is 8.46. The third kappa shape index (κ3) is 5.18. The highest BCUT2D eigenvalue weighted by Crippen LogP contribution is 2.40. The molecule has 3 aromatic carbocycles. The minimum atomic E-state index is 0. The van der Waals surface area contributed by atoms with Gasteiger partial charge in [0.2, 0.25) is 0 Å². The number of ether oxygens (including phenoxy) is 2. The number of anilines is 2. The van der Waals surface area contributed by atoms with Gasteiger partial charge in [-0.1, -0.05) is 54.6 Å². The summed E-state index contributed by atoms with van der Waals surface area (Å²) < 4.78 is 11.4. The topological polar surface area (TPSA) is 24.9 Å². The molecule has 0 aliphatic carbocycles. The maximum absolute atomic E-state index is 6.15. The van der Waals surface area contributed by atoms with Crippen molar-refractivity contribution >= 4 is 29.9 Å². The number of rotatable bonds is 6. The molecule has 0 amide bonds. The van der Waals surface area contributed by atoms with Gasteiger partial charge in [0, 0.05) is 30.4 Å². The van der Waals surface area contributed by atoms with Crippen molar-refractivity contribution in [3.05, 3.63) is 90.0 Å². The van der Waals surface area contributed by atoms with Crippen molar-refractivity contribution in [2.75, 3.05) is 31.6 Å². The van der Waals surface area contributed by atoms with Gasteiger partial charge in [-0.3, -0.25) is 4.90 Å². The third-order valence-electron chi connectivity index (χ3n) is 6.48. The standard InChI is InChI=1S/C28H30N2O2.ClH/c1-31-25-16-14-22(15-17-25)8-6-18-29-19-7-10-24(29)20-30-26-11-3-2-9-23(26)21-32-28-13-5-4-12-27(28)30;/h2-6,8-9,11-17,24H,7,10,18-21H2,1H3;1H/b8-6+;/t24-;/m1./s1. The molecule has 2 aliphatic rings. The highest BCUT2D eigenvalue weighted by Gasteiger charge is 2.29. The predicted molar refractivity (Wildman–Crippen MR) is 138 cm³/mol. The summed E-state index contributed by atoms with van der Waals surface area (Å²) in [6.07, 6.45) is 6.96. The zero-order valence-electron chi connectivity index (χ0n) is 19.0. The van der Waals surface area contributed by atoms with Crippen LogP contribution >= 0.6 is 12.4 Å². The van der Waals surface area contributed by atoms with Gasteiger partial charge in [-0.2, -0.15) is 0 Å². The first-order chi connectivity index (χ1) is 15.8. The van der Waals surface area contributed by atoms with Crippen molar-refractivity contribution in [2.45, 2.75) is 25.5 Å². The van der Waals surface area contributed by atoms with Crippen LogP contribution in [0.5, 0.6) is 11.5 Å². The number of hydrogen-bond donors (Lipinski definition) is 0. The fourth-order valence-electron chi connectivity index (χ4n) is 4.77. The fraction of sp³-hybridized carbons (Fsp3) is 0.286. The molecule has 172 valence electrons. The maximum Gasteiger partial charge on any atom is 0.143 e. The van der Waals surface area contributed by atoms with E-state index in [-0.39, 0.29) is 12.4 Å². The second kappa shape index (κ2) is 10.8. The molecule has 2 aliphatic heterocycles. The Morgan fingerprint density at radius 3 is 2.55 bits per heavy atom. The van der Waals surface area contributed by atoms with Crippen LogP contribution < -0.4 is 14.4 Å². The molecule has 0 N–H and O–H groups in total. The van der Waals surface area contributed by atoms with Gasteiger partial charge in [-0.05, 0) is 55.3 Å². The van der Waals surface area contributed by atoms with E-state index in [9.17, 15) is 0 Å².